The summed E-state index contributed by atoms with van der Waals surface area (Å²) in [6, 6.07) is 8.22. The van der Waals surface area contributed by atoms with Crippen molar-refractivity contribution in [2.24, 2.45) is 0 Å². The topological polar surface area (TPSA) is 42.7 Å². The first-order valence-corrected chi connectivity index (χ1v) is 6.92. The molecule has 96 valence electrons. The Morgan fingerprint density at radius 3 is 3.00 bits per heavy atom. The molecular weight excluding hydrogens is 256 g/mol. The van der Waals surface area contributed by atoms with Crippen molar-refractivity contribution in [3.05, 3.63) is 53.8 Å². The first-order chi connectivity index (χ1) is 9.36. The van der Waals surface area contributed by atoms with Crippen LogP contribution < -0.4 is 5.32 Å². The summed E-state index contributed by atoms with van der Waals surface area (Å²) in [4.78, 5) is 9.85. The van der Waals surface area contributed by atoms with E-state index in [-0.39, 0.29) is 0 Å². The molecular formula is C14H14N4S. The van der Waals surface area contributed by atoms with Crippen LogP contribution in [0.25, 0.3) is 10.7 Å². The van der Waals surface area contributed by atoms with E-state index < -0.39 is 0 Å². The molecule has 19 heavy (non-hydrogen) atoms. The normalized spacial score (nSPS) is 10.6. The van der Waals surface area contributed by atoms with Crippen LogP contribution in [-0.2, 0) is 6.54 Å². The highest BCUT2D eigenvalue weighted by molar-refractivity contribution is 7.13. The van der Waals surface area contributed by atoms with Crippen molar-refractivity contribution < 1.29 is 0 Å². The van der Waals surface area contributed by atoms with E-state index in [4.69, 9.17) is 0 Å². The summed E-state index contributed by atoms with van der Waals surface area (Å²) in [5, 5.41) is 5.12. The van der Waals surface area contributed by atoms with E-state index in [1.54, 1.807) is 11.3 Å². The van der Waals surface area contributed by atoms with Gasteiger partial charge < -0.3 is 9.88 Å². The fourth-order valence-corrected chi connectivity index (χ4v) is 2.71. The van der Waals surface area contributed by atoms with Crippen LogP contribution in [0.3, 0.4) is 0 Å². The fourth-order valence-electron chi connectivity index (χ4n) is 1.97. The lowest BCUT2D eigenvalue weighted by atomic mass is 10.2. The molecule has 0 saturated heterocycles. The Morgan fingerprint density at radius 2 is 2.21 bits per heavy atom. The number of aromatic nitrogens is 3. The van der Waals surface area contributed by atoms with Crippen molar-refractivity contribution in [3.8, 4) is 10.7 Å². The number of pyridine rings is 1. The predicted molar refractivity (Wildman–Crippen MR) is 78.4 cm³/mol. The molecule has 3 heterocycles. The van der Waals surface area contributed by atoms with Gasteiger partial charge in [0.2, 0.25) is 0 Å². The molecule has 3 aromatic heterocycles. The summed E-state index contributed by atoms with van der Waals surface area (Å²) >= 11 is 1.71. The maximum Gasteiger partial charge on any atom is 0.150 e. The van der Waals surface area contributed by atoms with Crippen molar-refractivity contribution in [3.63, 3.8) is 0 Å². The van der Waals surface area contributed by atoms with E-state index in [0.717, 1.165) is 18.2 Å². The van der Waals surface area contributed by atoms with Crippen molar-refractivity contribution in [2.75, 3.05) is 12.4 Å². The minimum Gasteiger partial charge on any atom is -0.373 e. The van der Waals surface area contributed by atoms with Crippen molar-refractivity contribution >= 4 is 17.2 Å². The molecule has 0 fully saturated rings. The van der Waals surface area contributed by atoms with Gasteiger partial charge in [-0.25, -0.2) is 9.97 Å². The number of anilines is 1. The lowest BCUT2D eigenvalue weighted by Gasteiger charge is -2.08. The van der Waals surface area contributed by atoms with Gasteiger partial charge in [-0.1, -0.05) is 6.07 Å². The van der Waals surface area contributed by atoms with Gasteiger partial charge in [-0.3, -0.25) is 0 Å². The molecule has 0 aliphatic heterocycles. The van der Waals surface area contributed by atoms with Crippen LogP contribution >= 0.6 is 11.3 Å². The SMILES string of the molecule is CNc1cc(Cn2ccnc2-c2cccs2)ccn1. The average molecular weight is 270 g/mol. The van der Waals surface area contributed by atoms with Gasteiger partial charge in [0.05, 0.1) is 4.88 Å². The number of imidazole rings is 1. The molecule has 3 rings (SSSR count). The molecule has 4 nitrogen and oxygen atoms in total. The summed E-state index contributed by atoms with van der Waals surface area (Å²) in [6.07, 6.45) is 5.67. The minimum atomic E-state index is 0.796. The molecule has 0 aromatic carbocycles. The zero-order chi connectivity index (χ0) is 13.1. The second-order valence-electron chi connectivity index (χ2n) is 4.16. The Hall–Kier alpha value is -2.14. The number of hydrogen-bond acceptors (Lipinski definition) is 4. The van der Waals surface area contributed by atoms with E-state index in [1.807, 2.05) is 37.8 Å². The molecule has 3 aromatic rings. The molecule has 0 radical (unpaired) electrons. The van der Waals surface area contributed by atoms with Gasteiger partial charge in [-0.05, 0) is 29.1 Å². The van der Waals surface area contributed by atoms with Crippen LogP contribution in [0.5, 0.6) is 0 Å². The smallest absolute Gasteiger partial charge is 0.150 e. The fraction of sp³-hybridized carbons (Fsp3) is 0.143. The molecule has 0 amide bonds. The molecule has 0 saturated carbocycles. The first kappa shape index (κ1) is 11.9. The molecule has 0 aliphatic rings. The summed E-state index contributed by atoms with van der Waals surface area (Å²) in [7, 11) is 1.88. The quantitative estimate of drug-likeness (QED) is 0.792. The third kappa shape index (κ3) is 2.51. The van der Waals surface area contributed by atoms with Gasteiger partial charge in [0.25, 0.3) is 0 Å². The van der Waals surface area contributed by atoms with Gasteiger partial charge in [0, 0.05) is 32.2 Å². The van der Waals surface area contributed by atoms with Crippen molar-refractivity contribution in [1.82, 2.24) is 14.5 Å². The van der Waals surface area contributed by atoms with Crippen LogP contribution in [0, 0.1) is 0 Å². The largest absolute Gasteiger partial charge is 0.373 e. The zero-order valence-electron chi connectivity index (χ0n) is 10.6. The number of nitrogens with zero attached hydrogens (tertiary/aromatic N) is 3. The van der Waals surface area contributed by atoms with Crippen LogP contribution in [0.1, 0.15) is 5.56 Å². The molecule has 0 unspecified atom stereocenters. The Morgan fingerprint density at radius 1 is 1.26 bits per heavy atom. The molecule has 5 heteroatoms. The van der Waals surface area contributed by atoms with Gasteiger partial charge in [0.15, 0.2) is 0 Å². The Balaban J connectivity index is 1.89. The van der Waals surface area contributed by atoms with Crippen LogP contribution in [0.4, 0.5) is 5.82 Å². The maximum atomic E-state index is 4.44. The monoisotopic (exact) mass is 270 g/mol. The lowest BCUT2D eigenvalue weighted by molar-refractivity contribution is 0.807. The minimum absolute atomic E-state index is 0.796. The van der Waals surface area contributed by atoms with E-state index in [2.05, 4.69) is 37.4 Å². The maximum absolute atomic E-state index is 4.44. The number of thiophene rings is 1. The van der Waals surface area contributed by atoms with Crippen molar-refractivity contribution in [1.29, 1.82) is 0 Å². The molecule has 0 atom stereocenters. The zero-order valence-corrected chi connectivity index (χ0v) is 11.4. The van der Waals surface area contributed by atoms with Crippen molar-refractivity contribution in [2.45, 2.75) is 6.54 Å². The van der Waals surface area contributed by atoms with Crippen LogP contribution in [-0.4, -0.2) is 21.6 Å². The Kier molecular flexibility index (Phi) is 3.29. The van der Waals surface area contributed by atoms with Crippen LogP contribution in [0.2, 0.25) is 0 Å². The third-order valence-corrected chi connectivity index (χ3v) is 3.76. The highest BCUT2D eigenvalue weighted by Crippen LogP contribution is 2.23. The predicted octanol–water partition coefficient (Wildman–Crippen LogP) is 3.10. The first-order valence-electron chi connectivity index (χ1n) is 6.04. The molecule has 0 bridgehead atoms. The van der Waals surface area contributed by atoms with Crippen LogP contribution in [0.15, 0.2) is 48.2 Å². The molecule has 1 N–H and O–H groups in total. The lowest BCUT2D eigenvalue weighted by Crippen LogP contribution is -2.02. The second-order valence-corrected chi connectivity index (χ2v) is 5.10. The Labute approximate surface area is 115 Å². The number of rotatable bonds is 4. The molecule has 0 spiro atoms. The molecule has 0 aliphatic carbocycles. The highest BCUT2D eigenvalue weighted by Gasteiger charge is 2.07. The highest BCUT2D eigenvalue weighted by atomic mass is 32.1. The third-order valence-electron chi connectivity index (χ3n) is 2.89. The average Bonchev–Trinajstić information content (AvgIpc) is 3.09. The van der Waals surface area contributed by atoms with Gasteiger partial charge >= 0.3 is 0 Å². The standard InChI is InChI=1S/C14H14N4S/c1-15-13-9-11(4-5-16-13)10-18-7-6-17-14(18)12-3-2-8-19-12/h2-9H,10H2,1H3,(H,15,16). The van der Waals surface area contributed by atoms with E-state index in [9.17, 15) is 0 Å². The Bertz CT molecular complexity index is 658. The summed E-state index contributed by atoms with van der Waals surface area (Å²) in [6.45, 7) is 0.796. The van der Waals surface area contributed by atoms with Gasteiger partial charge in [-0.15, -0.1) is 11.3 Å². The van der Waals surface area contributed by atoms with E-state index in [0.29, 0.717) is 0 Å². The number of nitrogens with one attached hydrogen (secondary N) is 1. The number of hydrogen-bond donors (Lipinski definition) is 1. The van der Waals surface area contributed by atoms with Gasteiger partial charge in [-0.2, -0.15) is 0 Å². The van der Waals surface area contributed by atoms with E-state index in [1.165, 1.54) is 10.4 Å². The second kappa shape index (κ2) is 5.24. The van der Waals surface area contributed by atoms with E-state index >= 15 is 0 Å². The summed E-state index contributed by atoms with van der Waals surface area (Å²) < 4.78 is 2.15. The van der Waals surface area contributed by atoms with Gasteiger partial charge in [0.1, 0.15) is 11.6 Å². The summed E-state index contributed by atoms with van der Waals surface area (Å²) in [5.74, 6) is 1.90. The summed E-state index contributed by atoms with van der Waals surface area (Å²) in [5.41, 5.74) is 1.20.